The highest BCUT2D eigenvalue weighted by Gasteiger charge is 2.19. The quantitative estimate of drug-likeness (QED) is 0.123. The molecule has 0 aliphatic heterocycles. The first kappa shape index (κ1) is 36.9. The zero-order chi connectivity index (χ0) is 42.2. The van der Waals surface area contributed by atoms with Crippen molar-refractivity contribution in [3.63, 3.8) is 0 Å². The number of fused-ring (bicyclic) bond motifs is 6. The van der Waals surface area contributed by atoms with Gasteiger partial charge in [0.1, 0.15) is 22.2 Å². The molecule has 0 amide bonds. The van der Waals surface area contributed by atoms with E-state index < -0.39 is 34.9 Å². The Kier molecular flexibility index (Phi) is 8.50. The predicted molar refractivity (Wildman–Crippen MR) is 225 cm³/mol. The average Bonchev–Trinajstić information content (AvgIpc) is 3.88. The Hall–Kier alpha value is -8.12. The molecule has 5 aromatic carbocycles. The SMILES string of the molecule is Fc1cc(-c2cccc(-c3ccc4oc5c(-c6ccc(-c7ccnc8c7oc7ccc(-c9cccc(-c%10cc(F)c(F)c(F)c%10)n9)cc78)cc6)ccnc5c4c3)n2)cc(F)c1F. The molecule has 62 heavy (non-hydrogen) atoms. The van der Waals surface area contributed by atoms with Crippen LogP contribution in [0.15, 0.2) is 155 Å². The second kappa shape index (κ2) is 14.3. The van der Waals surface area contributed by atoms with Crippen molar-refractivity contribution in [3.8, 4) is 67.3 Å². The summed E-state index contributed by atoms with van der Waals surface area (Å²) in [7, 11) is 0. The molecule has 0 aliphatic carbocycles. The average molecular weight is 827 g/mol. The van der Waals surface area contributed by atoms with Gasteiger partial charge >= 0.3 is 0 Å². The molecule has 0 N–H and O–H groups in total. The molecule has 0 aliphatic rings. The first-order valence-electron chi connectivity index (χ1n) is 19.1. The number of nitrogens with zero attached hydrogens (tertiary/aromatic N) is 4. The lowest BCUT2D eigenvalue weighted by Gasteiger charge is -2.07. The van der Waals surface area contributed by atoms with Gasteiger partial charge < -0.3 is 8.83 Å². The van der Waals surface area contributed by atoms with E-state index in [-0.39, 0.29) is 22.5 Å². The number of benzene rings is 5. The molecule has 11 rings (SSSR count). The van der Waals surface area contributed by atoms with Gasteiger partial charge in [-0.05, 0) is 108 Å². The van der Waals surface area contributed by atoms with Gasteiger partial charge in [-0.3, -0.25) is 9.97 Å². The van der Waals surface area contributed by atoms with Crippen molar-refractivity contribution in [3.05, 3.63) is 181 Å². The molecule has 6 heterocycles. The van der Waals surface area contributed by atoms with Crippen LogP contribution < -0.4 is 0 Å². The van der Waals surface area contributed by atoms with E-state index in [0.717, 1.165) is 68.4 Å². The molecule has 0 saturated carbocycles. The summed E-state index contributed by atoms with van der Waals surface area (Å²) in [5.41, 5.74) is 10.4. The molecule has 12 heteroatoms. The molecule has 6 nitrogen and oxygen atoms in total. The second-order valence-corrected chi connectivity index (χ2v) is 14.6. The largest absolute Gasteiger partial charge is 0.454 e. The maximum absolute atomic E-state index is 14.0. The molecule has 0 atom stereocenters. The number of pyridine rings is 4. The zero-order valence-electron chi connectivity index (χ0n) is 31.7. The highest BCUT2D eigenvalue weighted by atomic mass is 19.2. The van der Waals surface area contributed by atoms with Gasteiger partial charge in [0.05, 0.1) is 22.8 Å². The zero-order valence-corrected chi connectivity index (χ0v) is 31.7. The third-order valence-electron chi connectivity index (χ3n) is 10.9. The molecular weight excluding hydrogens is 803 g/mol. The summed E-state index contributed by atoms with van der Waals surface area (Å²) >= 11 is 0. The van der Waals surface area contributed by atoms with Gasteiger partial charge in [0, 0.05) is 56.5 Å². The number of hydrogen-bond acceptors (Lipinski definition) is 6. The number of aromatic nitrogens is 4. The van der Waals surface area contributed by atoms with E-state index >= 15 is 0 Å². The summed E-state index contributed by atoms with van der Waals surface area (Å²) in [5.74, 6) is -8.25. The summed E-state index contributed by atoms with van der Waals surface area (Å²) in [6.07, 6.45) is 3.43. The highest BCUT2D eigenvalue weighted by molar-refractivity contribution is 6.10. The molecule has 0 saturated heterocycles. The van der Waals surface area contributed by atoms with Crippen LogP contribution in [0.4, 0.5) is 26.3 Å². The van der Waals surface area contributed by atoms with Gasteiger partial charge in [-0.1, -0.05) is 36.4 Å². The van der Waals surface area contributed by atoms with Crippen LogP contribution in [-0.2, 0) is 0 Å². The van der Waals surface area contributed by atoms with Gasteiger partial charge in [-0.2, -0.15) is 0 Å². The Bertz CT molecular complexity index is 3340. The van der Waals surface area contributed by atoms with Crippen molar-refractivity contribution in [2.24, 2.45) is 0 Å². The lowest BCUT2D eigenvalue weighted by Crippen LogP contribution is -1.94. The Morgan fingerprint density at radius 2 is 0.710 bits per heavy atom. The van der Waals surface area contributed by atoms with Crippen molar-refractivity contribution in [1.82, 2.24) is 19.9 Å². The molecule has 6 aromatic heterocycles. The van der Waals surface area contributed by atoms with Gasteiger partial charge in [-0.25, -0.2) is 36.3 Å². The molecule has 0 bridgehead atoms. The Balaban J connectivity index is 0.909. The standard InChI is InChI=1S/C50H24F6N4O2/c51-35-21-29(22-36(52)45(35)55)41-5-1-3-39(59-41)27-11-13-43-33(19-27)47-49(61-43)31(15-17-57-47)25-7-9-26(10-8-25)32-16-18-58-48-34-20-28(12-14-44(34)62-50(32)48)40-4-2-6-42(60-40)30-23-37(53)46(56)38(54)24-30/h1-24H. The number of furan rings is 2. The third kappa shape index (κ3) is 6.14. The number of hydrogen-bond donors (Lipinski definition) is 0. The van der Waals surface area contributed by atoms with E-state index in [9.17, 15) is 26.3 Å². The molecule has 0 radical (unpaired) electrons. The van der Waals surface area contributed by atoms with Crippen LogP contribution >= 0.6 is 0 Å². The fraction of sp³-hybridized carbons (Fsp3) is 0. The minimum Gasteiger partial charge on any atom is -0.454 e. The summed E-state index contributed by atoms with van der Waals surface area (Å²) < 4.78 is 96.1. The molecule has 298 valence electrons. The van der Waals surface area contributed by atoms with E-state index in [4.69, 9.17) is 8.83 Å². The van der Waals surface area contributed by atoms with Gasteiger partial charge in [0.2, 0.25) is 0 Å². The fourth-order valence-electron chi connectivity index (χ4n) is 7.84. The summed E-state index contributed by atoms with van der Waals surface area (Å²) in [6, 6.07) is 36.7. The van der Waals surface area contributed by atoms with E-state index in [0.29, 0.717) is 44.8 Å². The van der Waals surface area contributed by atoms with Crippen LogP contribution in [0.25, 0.3) is 111 Å². The predicted octanol–water partition coefficient (Wildman–Crippen LogP) is 13.9. The van der Waals surface area contributed by atoms with Gasteiger partial charge in [0.25, 0.3) is 0 Å². The van der Waals surface area contributed by atoms with Crippen LogP contribution in [0, 0.1) is 34.9 Å². The van der Waals surface area contributed by atoms with Crippen LogP contribution in [0.5, 0.6) is 0 Å². The van der Waals surface area contributed by atoms with Crippen molar-refractivity contribution < 1.29 is 35.2 Å². The first-order chi connectivity index (χ1) is 30.2. The summed E-state index contributed by atoms with van der Waals surface area (Å²) in [4.78, 5) is 18.5. The van der Waals surface area contributed by atoms with E-state index in [1.54, 1.807) is 48.8 Å². The van der Waals surface area contributed by atoms with E-state index in [2.05, 4.69) is 19.9 Å². The van der Waals surface area contributed by atoms with Crippen molar-refractivity contribution in [2.75, 3.05) is 0 Å². The van der Waals surface area contributed by atoms with Crippen LogP contribution in [0.2, 0.25) is 0 Å². The van der Waals surface area contributed by atoms with Crippen molar-refractivity contribution >= 4 is 44.1 Å². The third-order valence-corrected chi connectivity index (χ3v) is 10.9. The molecule has 11 aromatic rings. The Morgan fingerprint density at radius 3 is 1.10 bits per heavy atom. The maximum atomic E-state index is 14.0. The van der Waals surface area contributed by atoms with Crippen LogP contribution in [0.3, 0.4) is 0 Å². The van der Waals surface area contributed by atoms with Gasteiger partial charge in [0.15, 0.2) is 46.1 Å². The van der Waals surface area contributed by atoms with Crippen LogP contribution in [-0.4, -0.2) is 19.9 Å². The van der Waals surface area contributed by atoms with E-state index in [1.165, 1.54) is 0 Å². The molecule has 0 fully saturated rings. The minimum atomic E-state index is -1.54. The van der Waals surface area contributed by atoms with Gasteiger partial charge in [-0.15, -0.1) is 0 Å². The normalized spacial score (nSPS) is 11.7. The molecular formula is C50H24F6N4O2. The summed E-state index contributed by atoms with van der Waals surface area (Å²) in [5, 5.41) is 1.49. The van der Waals surface area contributed by atoms with Crippen molar-refractivity contribution in [2.45, 2.75) is 0 Å². The van der Waals surface area contributed by atoms with E-state index in [1.807, 2.05) is 72.8 Å². The maximum Gasteiger partial charge on any atom is 0.194 e. The molecule has 0 unspecified atom stereocenters. The first-order valence-corrected chi connectivity index (χ1v) is 19.1. The monoisotopic (exact) mass is 826 g/mol. The highest BCUT2D eigenvalue weighted by Crippen LogP contribution is 2.40. The topological polar surface area (TPSA) is 77.8 Å². The minimum absolute atomic E-state index is 0.110. The number of rotatable bonds is 6. The summed E-state index contributed by atoms with van der Waals surface area (Å²) in [6.45, 7) is 0. The van der Waals surface area contributed by atoms with Crippen LogP contribution in [0.1, 0.15) is 0 Å². The van der Waals surface area contributed by atoms with Crippen molar-refractivity contribution in [1.29, 1.82) is 0 Å². The Labute approximate surface area is 346 Å². The fourth-order valence-corrected chi connectivity index (χ4v) is 7.84. The second-order valence-electron chi connectivity index (χ2n) is 14.6. The smallest absolute Gasteiger partial charge is 0.194 e. The molecule has 0 spiro atoms. The lowest BCUT2D eigenvalue weighted by molar-refractivity contribution is 0.447. The lowest BCUT2D eigenvalue weighted by atomic mass is 9.99. The number of halogens is 6. The Morgan fingerprint density at radius 1 is 0.355 bits per heavy atom.